The Labute approximate surface area is 167 Å². The molecule has 1 atom stereocenters. The summed E-state index contributed by atoms with van der Waals surface area (Å²) in [4.78, 5) is 26.8. The maximum atomic E-state index is 12.9. The normalized spacial score (nSPS) is 16.1. The molecule has 1 saturated heterocycles. The van der Waals surface area contributed by atoms with Crippen LogP contribution in [0.1, 0.15) is 46.4 Å². The van der Waals surface area contributed by atoms with Crippen LogP contribution in [0.5, 0.6) is 0 Å². The van der Waals surface area contributed by atoms with E-state index in [0.717, 1.165) is 18.4 Å². The molecule has 3 aromatic rings. The third-order valence-electron chi connectivity index (χ3n) is 5.00. The van der Waals surface area contributed by atoms with Gasteiger partial charge >= 0.3 is 5.63 Å². The Kier molecular flexibility index (Phi) is 5.31. The van der Waals surface area contributed by atoms with Crippen molar-refractivity contribution in [3.63, 3.8) is 0 Å². The van der Waals surface area contributed by atoms with Crippen molar-refractivity contribution in [2.24, 2.45) is 0 Å². The van der Waals surface area contributed by atoms with Gasteiger partial charge in [0.2, 0.25) is 0 Å². The van der Waals surface area contributed by atoms with E-state index in [0.29, 0.717) is 29.4 Å². The fraction of sp³-hybridized carbons (Fsp3) is 0.318. The molecule has 0 radical (unpaired) electrons. The summed E-state index contributed by atoms with van der Waals surface area (Å²) in [6.45, 7) is 2.57. The molecule has 1 aromatic carbocycles. The van der Waals surface area contributed by atoms with Crippen molar-refractivity contribution < 1.29 is 18.5 Å². The lowest BCUT2D eigenvalue weighted by molar-refractivity contribution is 0.0756. The zero-order valence-corrected chi connectivity index (χ0v) is 16.4. The number of carbonyl (C=O) groups is 1. The largest absolute Gasteiger partial charge is 0.424 e. The molecular formula is C22H22N2O5. The Morgan fingerprint density at radius 2 is 2.03 bits per heavy atom. The first kappa shape index (κ1) is 19.1. The maximum Gasteiger partial charge on any atom is 0.349 e. The second-order valence-electron chi connectivity index (χ2n) is 7.20. The summed E-state index contributed by atoms with van der Waals surface area (Å²) in [7, 11) is 1.61. The lowest BCUT2D eigenvalue weighted by Crippen LogP contribution is -2.31. The van der Waals surface area contributed by atoms with Gasteiger partial charge in [-0.2, -0.15) is 0 Å². The number of carbonyl (C=O) groups excluding carboxylic acids is 1. The summed E-state index contributed by atoms with van der Waals surface area (Å²) in [5.41, 5.74) is 1.58. The third-order valence-corrected chi connectivity index (χ3v) is 5.00. The van der Waals surface area contributed by atoms with Crippen LogP contribution in [0.15, 0.2) is 56.2 Å². The van der Waals surface area contributed by atoms with E-state index in [1.807, 2.05) is 30.3 Å². The molecule has 150 valence electrons. The van der Waals surface area contributed by atoms with E-state index in [4.69, 9.17) is 13.7 Å². The Bertz CT molecular complexity index is 1060. The van der Waals surface area contributed by atoms with E-state index in [-0.39, 0.29) is 18.2 Å². The van der Waals surface area contributed by atoms with Crippen molar-refractivity contribution in [2.45, 2.75) is 32.4 Å². The SMILES string of the molecule is Cc1cc(C2CCCO2)oc(=O)c1C(=O)N(C)Cc1cc(-c2ccccc2)no1. The average molecular weight is 394 g/mol. The smallest absolute Gasteiger partial charge is 0.349 e. The molecule has 1 aliphatic heterocycles. The topological polar surface area (TPSA) is 85.8 Å². The molecule has 1 aliphatic rings. The minimum Gasteiger partial charge on any atom is -0.424 e. The number of ether oxygens (including phenoxy) is 1. The van der Waals surface area contributed by atoms with Crippen molar-refractivity contribution in [2.75, 3.05) is 13.7 Å². The Morgan fingerprint density at radius 1 is 1.24 bits per heavy atom. The molecular weight excluding hydrogens is 372 g/mol. The number of aromatic nitrogens is 1. The van der Waals surface area contributed by atoms with Crippen LogP contribution in [-0.2, 0) is 11.3 Å². The number of hydrogen-bond donors (Lipinski definition) is 0. The predicted octanol–water partition coefficient (Wildman–Crippen LogP) is 3.73. The fourth-order valence-corrected chi connectivity index (χ4v) is 3.48. The van der Waals surface area contributed by atoms with E-state index < -0.39 is 11.5 Å². The zero-order chi connectivity index (χ0) is 20.4. The molecule has 4 rings (SSSR count). The lowest BCUT2D eigenvalue weighted by Gasteiger charge is -2.17. The molecule has 2 aromatic heterocycles. The molecule has 0 spiro atoms. The predicted molar refractivity (Wildman–Crippen MR) is 105 cm³/mol. The van der Waals surface area contributed by atoms with Crippen molar-refractivity contribution in [3.8, 4) is 11.3 Å². The summed E-state index contributed by atoms with van der Waals surface area (Å²) < 4.78 is 16.3. The average Bonchev–Trinajstić information content (AvgIpc) is 3.40. The molecule has 1 amide bonds. The van der Waals surface area contributed by atoms with Gasteiger partial charge < -0.3 is 18.6 Å². The van der Waals surface area contributed by atoms with E-state index in [1.54, 1.807) is 26.1 Å². The standard InChI is InChI=1S/C22H22N2O5/c1-14-11-19(18-9-6-10-27-18)28-22(26)20(14)21(25)24(2)13-16-12-17(23-29-16)15-7-4-3-5-8-15/h3-5,7-8,11-12,18H,6,9-10,13H2,1-2H3. The Hall–Kier alpha value is -3.19. The second kappa shape index (κ2) is 8.05. The first-order valence-corrected chi connectivity index (χ1v) is 9.55. The summed E-state index contributed by atoms with van der Waals surface area (Å²) in [5.74, 6) is 0.581. The van der Waals surface area contributed by atoms with Crippen LogP contribution >= 0.6 is 0 Å². The second-order valence-corrected chi connectivity index (χ2v) is 7.20. The summed E-state index contributed by atoms with van der Waals surface area (Å²) in [6.07, 6.45) is 1.53. The van der Waals surface area contributed by atoms with Gasteiger partial charge in [-0.15, -0.1) is 0 Å². The molecule has 0 saturated carbocycles. The van der Waals surface area contributed by atoms with E-state index in [2.05, 4.69) is 5.16 Å². The number of nitrogens with zero attached hydrogens (tertiary/aromatic N) is 2. The number of amides is 1. The Balaban J connectivity index is 1.51. The van der Waals surface area contributed by atoms with Gasteiger partial charge in [0.15, 0.2) is 5.76 Å². The lowest BCUT2D eigenvalue weighted by atomic mass is 10.1. The number of hydrogen-bond acceptors (Lipinski definition) is 6. The first-order chi connectivity index (χ1) is 14.0. The number of benzene rings is 1. The van der Waals surface area contributed by atoms with Crippen molar-refractivity contribution in [3.05, 3.63) is 75.5 Å². The van der Waals surface area contributed by atoms with Gasteiger partial charge in [-0.1, -0.05) is 35.5 Å². The van der Waals surface area contributed by atoms with Crippen LogP contribution in [0.3, 0.4) is 0 Å². The van der Waals surface area contributed by atoms with Gasteiger partial charge in [-0.05, 0) is 31.4 Å². The highest BCUT2D eigenvalue weighted by atomic mass is 16.5. The van der Waals surface area contributed by atoms with Crippen LogP contribution in [0.2, 0.25) is 0 Å². The molecule has 0 aliphatic carbocycles. The molecule has 7 heteroatoms. The molecule has 0 N–H and O–H groups in total. The minimum absolute atomic E-state index is 0.0250. The molecule has 29 heavy (non-hydrogen) atoms. The highest BCUT2D eigenvalue weighted by Gasteiger charge is 2.26. The van der Waals surface area contributed by atoms with Gasteiger partial charge in [0.25, 0.3) is 5.91 Å². The maximum absolute atomic E-state index is 12.9. The minimum atomic E-state index is -0.644. The number of aryl methyl sites for hydroxylation is 1. The van der Waals surface area contributed by atoms with Gasteiger partial charge in [0, 0.05) is 25.3 Å². The summed E-state index contributed by atoms with van der Waals surface area (Å²) in [6, 6.07) is 13.1. The third kappa shape index (κ3) is 4.00. The summed E-state index contributed by atoms with van der Waals surface area (Å²) >= 11 is 0. The zero-order valence-electron chi connectivity index (χ0n) is 16.4. The molecule has 1 fully saturated rings. The van der Waals surface area contributed by atoms with Crippen LogP contribution < -0.4 is 5.63 Å². The highest BCUT2D eigenvalue weighted by Crippen LogP contribution is 2.28. The van der Waals surface area contributed by atoms with Gasteiger partial charge in [-0.3, -0.25) is 4.79 Å². The highest BCUT2D eigenvalue weighted by molar-refractivity contribution is 5.94. The van der Waals surface area contributed by atoms with Crippen LogP contribution in [0.4, 0.5) is 0 Å². The van der Waals surface area contributed by atoms with E-state index in [9.17, 15) is 9.59 Å². The van der Waals surface area contributed by atoms with Crippen LogP contribution in [0, 0.1) is 6.92 Å². The van der Waals surface area contributed by atoms with Crippen molar-refractivity contribution in [1.29, 1.82) is 0 Å². The van der Waals surface area contributed by atoms with Crippen LogP contribution in [-0.4, -0.2) is 29.6 Å². The molecule has 3 heterocycles. The van der Waals surface area contributed by atoms with Crippen LogP contribution in [0.25, 0.3) is 11.3 Å². The number of rotatable bonds is 5. The van der Waals surface area contributed by atoms with E-state index >= 15 is 0 Å². The van der Waals surface area contributed by atoms with Crippen molar-refractivity contribution in [1.82, 2.24) is 10.1 Å². The first-order valence-electron chi connectivity index (χ1n) is 9.55. The van der Waals surface area contributed by atoms with Gasteiger partial charge in [-0.25, -0.2) is 4.79 Å². The fourth-order valence-electron chi connectivity index (χ4n) is 3.48. The quantitative estimate of drug-likeness (QED) is 0.655. The van der Waals surface area contributed by atoms with E-state index in [1.165, 1.54) is 4.90 Å². The molecule has 1 unspecified atom stereocenters. The summed E-state index contributed by atoms with van der Waals surface area (Å²) in [5, 5.41) is 4.06. The van der Waals surface area contributed by atoms with Crippen molar-refractivity contribution >= 4 is 5.91 Å². The molecule has 7 nitrogen and oxygen atoms in total. The molecule has 0 bridgehead atoms. The monoisotopic (exact) mass is 394 g/mol. The van der Waals surface area contributed by atoms with Gasteiger partial charge in [0.1, 0.15) is 23.1 Å². The Morgan fingerprint density at radius 3 is 2.72 bits per heavy atom. The van der Waals surface area contributed by atoms with Gasteiger partial charge in [0.05, 0.1) is 6.54 Å².